The molecular formula is C23H37N2O+. The van der Waals surface area contributed by atoms with Gasteiger partial charge >= 0.3 is 0 Å². The molecule has 0 aliphatic rings. The summed E-state index contributed by atoms with van der Waals surface area (Å²) in [6, 6.07) is 4.45. The summed E-state index contributed by atoms with van der Waals surface area (Å²) in [5.41, 5.74) is 2.71. The van der Waals surface area contributed by atoms with E-state index in [4.69, 9.17) is 10.1 Å². The summed E-state index contributed by atoms with van der Waals surface area (Å²) < 4.78 is 7.87. The first-order chi connectivity index (χ1) is 12.1. The van der Waals surface area contributed by atoms with Gasteiger partial charge in [0, 0.05) is 24.8 Å². The lowest BCUT2D eigenvalue weighted by Crippen LogP contribution is -2.33. The predicted molar refractivity (Wildman–Crippen MR) is 111 cm³/mol. The molecule has 1 rings (SSSR count). The SMILES string of the molecule is CC(C)(C)C(/C=C\OCCCCC[n+]1ccc(C(C)(C)C)cc1)=C/C=N. The highest BCUT2D eigenvalue weighted by Gasteiger charge is 2.15. The van der Waals surface area contributed by atoms with Gasteiger partial charge in [0.15, 0.2) is 12.4 Å². The number of aromatic nitrogens is 1. The largest absolute Gasteiger partial charge is 0.501 e. The zero-order valence-electron chi connectivity index (χ0n) is 17.5. The molecule has 1 aromatic heterocycles. The van der Waals surface area contributed by atoms with Gasteiger partial charge in [-0.05, 0) is 47.0 Å². The number of nitrogens with one attached hydrogen (secondary N) is 1. The Morgan fingerprint density at radius 3 is 2.23 bits per heavy atom. The standard InChI is InChI=1S/C23H37N2O/c1-22(2,3)20(10-14-24)13-19-26-18-9-7-8-15-25-16-11-21(12-17-25)23(4,5)6/h10-14,16-17,19,24H,7-9,15,18H2,1-6H3/q+1/b19-13-,20-10+,24-14?. The summed E-state index contributed by atoms with van der Waals surface area (Å²) in [7, 11) is 0. The summed E-state index contributed by atoms with van der Waals surface area (Å²) >= 11 is 0. The number of hydrogen-bond donors (Lipinski definition) is 1. The van der Waals surface area contributed by atoms with Crippen molar-refractivity contribution < 1.29 is 9.30 Å². The van der Waals surface area contributed by atoms with Crippen molar-refractivity contribution in [2.45, 2.75) is 72.8 Å². The van der Waals surface area contributed by atoms with Crippen LogP contribution in [0.5, 0.6) is 0 Å². The van der Waals surface area contributed by atoms with Crippen molar-refractivity contribution in [2.75, 3.05) is 6.61 Å². The van der Waals surface area contributed by atoms with Gasteiger partial charge in [-0.1, -0.05) is 41.5 Å². The summed E-state index contributed by atoms with van der Waals surface area (Å²) in [5.74, 6) is 0. The highest BCUT2D eigenvalue weighted by Crippen LogP contribution is 2.25. The zero-order valence-corrected chi connectivity index (χ0v) is 17.5. The Balaban J connectivity index is 2.24. The Morgan fingerprint density at radius 1 is 1.04 bits per heavy atom. The Morgan fingerprint density at radius 2 is 1.69 bits per heavy atom. The molecule has 0 spiro atoms. The second kappa shape index (κ2) is 10.3. The van der Waals surface area contributed by atoms with Crippen molar-refractivity contribution in [2.24, 2.45) is 5.41 Å². The minimum atomic E-state index is 0.0250. The Labute approximate surface area is 160 Å². The molecule has 0 bridgehead atoms. The fourth-order valence-corrected chi connectivity index (χ4v) is 2.60. The van der Waals surface area contributed by atoms with E-state index < -0.39 is 0 Å². The van der Waals surface area contributed by atoms with Crippen LogP contribution < -0.4 is 4.57 Å². The quantitative estimate of drug-likeness (QED) is 0.202. The lowest BCUT2D eigenvalue weighted by atomic mass is 9.86. The molecule has 3 nitrogen and oxygen atoms in total. The van der Waals surface area contributed by atoms with Crippen LogP contribution in [-0.2, 0) is 16.7 Å². The lowest BCUT2D eigenvalue weighted by Gasteiger charge is -2.19. The van der Waals surface area contributed by atoms with Crippen LogP contribution in [0.1, 0.15) is 66.4 Å². The van der Waals surface area contributed by atoms with Crippen molar-refractivity contribution in [3.05, 3.63) is 54.1 Å². The van der Waals surface area contributed by atoms with E-state index in [1.165, 1.54) is 11.8 Å². The van der Waals surface area contributed by atoms with Crippen molar-refractivity contribution in [3.8, 4) is 0 Å². The molecule has 0 aromatic carbocycles. The lowest BCUT2D eigenvalue weighted by molar-refractivity contribution is -0.697. The average Bonchev–Trinajstić information content (AvgIpc) is 2.55. The van der Waals surface area contributed by atoms with Crippen LogP contribution in [0.25, 0.3) is 0 Å². The van der Waals surface area contributed by atoms with Gasteiger partial charge < -0.3 is 10.1 Å². The monoisotopic (exact) mass is 357 g/mol. The summed E-state index contributed by atoms with van der Waals surface area (Å²) in [4.78, 5) is 0. The molecule has 3 heteroatoms. The van der Waals surface area contributed by atoms with Gasteiger partial charge in [-0.25, -0.2) is 4.57 Å². The first-order valence-corrected chi connectivity index (χ1v) is 9.63. The molecule has 0 unspecified atom stereocenters. The van der Waals surface area contributed by atoms with E-state index in [1.807, 2.05) is 12.2 Å². The van der Waals surface area contributed by atoms with Gasteiger partial charge in [-0.2, -0.15) is 0 Å². The van der Waals surface area contributed by atoms with Gasteiger partial charge in [0.05, 0.1) is 12.9 Å². The van der Waals surface area contributed by atoms with E-state index >= 15 is 0 Å². The third-order valence-electron chi connectivity index (χ3n) is 4.41. The van der Waals surface area contributed by atoms with Crippen LogP contribution in [0, 0.1) is 10.8 Å². The van der Waals surface area contributed by atoms with Crippen LogP contribution in [0.2, 0.25) is 0 Å². The van der Waals surface area contributed by atoms with E-state index in [9.17, 15) is 0 Å². The van der Waals surface area contributed by atoms with E-state index in [0.717, 1.165) is 38.0 Å². The maximum atomic E-state index is 7.24. The number of allylic oxidation sites excluding steroid dienone is 3. The summed E-state index contributed by atoms with van der Waals surface area (Å²) in [5, 5.41) is 7.24. The van der Waals surface area contributed by atoms with Crippen LogP contribution in [0.3, 0.4) is 0 Å². The van der Waals surface area contributed by atoms with Gasteiger partial charge in [-0.3, -0.25) is 0 Å². The third kappa shape index (κ3) is 8.46. The fraction of sp³-hybridized carbons (Fsp3) is 0.565. The predicted octanol–water partition coefficient (Wildman–Crippen LogP) is 5.59. The number of rotatable bonds is 9. The fourth-order valence-electron chi connectivity index (χ4n) is 2.60. The van der Waals surface area contributed by atoms with Crippen molar-refractivity contribution in [1.82, 2.24) is 0 Å². The number of aryl methyl sites for hydroxylation is 1. The number of nitrogens with zero attached hydrogens (tertiary/aromatic N) is 1. The van der Waals surface area contributed by atoms with E-state index in [2.05, 4.69) is 70.6 Å². The maximum absolute atomic E-state index is 7.24. The maximum Gasteiger partial charge on any atom is 0.169 e. The van der Waals surface area contributed by atoms with Gasteiger partial charge in [0.25, 0.3) is 0 Å². The van der Waals surface area contributed by atoms with E-state index in [0.29, 0.717) is 0 Å². The molecule has 0 saturated heterocycles. The van der Waals surface area contributed by atoms with Crippen LogP contribution in [0.15, 0.2) is 48.5 Å². The molecule has 0 atom stereocenters. The van der Waals surface area contributed by atoms with Crippen molar-refractivity contribution in [1.29, 1.82) is 5.41 Å². The minimum absolute atomic E-state index is 0.0250. The number of pyridine rings is 1. The Kier molecular flexibility index (Phi) is 8.77. The molecule has 0 fully saturated rings. The first kappa shape index (κ1) is 22.1. The molecule has 1 heterocycles. The highest BCUT2D eigenvalue weighted by molar-refractivity contribution is 5.70. The second-order valence-electron chi connectivity index (χ2n) is 8.85. The molecule has 1 N–H and O–H groups in total. The molecule has 0 aliphatic carbocycles. The van der Waals surface area contributed by atoms with E-state index in [1.54, 1.807) is 6.26 Å². The van der Waals surface area contributed by atoms with E-state index in [-0.39, 0.29) is 10.8 Å². The molecule has 26 heavy (non-hydrogen) atoms. The number of ether oxygens (including phenoxy) is 1. The first-order valence-electron chi connectivity index (χ1n) is 9.63. The highest BCUT2D eigenvalue weighted by atomic mass is 16.5. The zero-order chi connectivity index (χ0) is 19.6. The number of hydrogen-bond acceptors (Lipinski definition) is 2. The topological polar surface area (TPSA) is 37.0 Å². The van der Waals surface area contributed by atoms with Gasteiger partial charge in [-0.15, -0.1) is 0 Å². The van der Waals surface area contributed by atoms with Crippen LogP contribution in [0.4, 0.5) is 0 Å². The summed E-state index contributed by atoms with van der Waals surface area (Å²) in [6.07, 6.45) is 14.6. The molecule has 1 aromatic rings. The normalized spacial score (nSPS) is 13.2. The van der Waals surface area contributed by atoms with Gasteiger partial charge in [0.2, 0.25) is 0 Å². The second-order valence-corrected chi connectivity index (χ2v) is 8.85. The Bertz CT molecular complexity index is 599. The summed E-state index contributed by atoms with van der Waals surface area (Å²) in [6.45, 7) is 14.9. The molecular weight excluding hydrogens is 320 g/mol. The molecule has 0 radical (unpaired) electrons. The third-order valence-corrected chi connectivity index (χ3v) is 4.41. The molecule has 0 saturated carbocycles. The Hall–Kier alpha value is -1.90. The molecule has 0 aliphatic heterocycles. The number of unbranched alkanes of at least 4 members (excludes halogenated alkanes) is 2. The average molecular weight is 358 g/mol. The minimum Gasteiger partial charge on any atom is -0.501 e. The van der Waals surface area contributed by atoms with Crippen LogP contribution >= 0.6 is 0 Å². The molecule has 144 valence electrons. The van der Waals surface area contributed by atoms with Crippen LogP contribution in [-0.4, -0.2) is 12.8 Å². The van der Waals surface area contributed by atoms with Gasteiger partial charge in [0.1, 0.15) is 6.54 Å². The smallest absolute Gasteiger partial charge is 0.169 e. The molecule has 0 amide bonds. The van der Waals surface area contributed by atoms with Crippen molar-refractivity contribution in [3.63, 3.8) is 0 Å². The van der Waals surface area contributed by atoms with Crippen molar-refractivity contribution >= 4 is 6.21 Å².